The molecule has 0 spiro atoms. The average Bonchev–Trinajstić information content (AvgIpc) is 2.39. The van der Waals surface area contributed by atoms with Gasteiger partial charge in [-0.2, -0.15) is 0 Å². The van der Waals surface area contributed by atoms with Gasteiger partial charge >= 0.3 is 0 Å². The third-order valence-electron chi connectivity index (χ3n) is 2.11. The Morgan fingerprint density at radius 2 is 2.00 bits per heavy atom. The molecule has 0 unspecified atom stereocenters. The van der Waals surface area contributed by atoms with Crippen molar-refractivity contribution in [2.75, 3.05) is 5.88 Å². The zero-order valence-corrected chi connectivity index (χ0v) is 8.41. The van der Waals surface area contributed by atoms with E-state index < -0.39 is 0 Å². The minimum atomic E-state index is 0.643. The minimum Gasteiger partial charge on any atom is -0.306 e. The van der Waals surface area contributed by atoms with E-state index in [9.17, 15) is 0 Å². The summed E-state index contributed by atoms with van der Waals surface area (Å²) in [6.07, 6.45) is 5.81. The summed E-state index contributed by atoms with van der Waals surface area (Å²) in [7, 11) is 0. The van der Waals surface area contributed by atoms with E-state index in [4.69, 9.17) is 0 Å². The Bertz CT molecular complexity index is 97.7. The molecule has 0 saturated heterocycles. The van der Waals surface area contributed by atoms with Gasteiger partial charge in [-0.05, 0) is 12.8 Å². The Labute approximate surface area is 74.3 Å². The number of nitrogens with one attached hydrogen (secondary N) is 1. The summed E-state index contributed by atoms with van der Waals surface area (Å²) < 4.78 is 0. The largest absolute Gasteiger partial charge is 0.306 e. The second-order valence-corrected chi connectivity index (χ2v) is 4.86. The molecule has 0 aliphatic heterocycles. The maximum atomic E-state index is 3.44. The van der Waals surface area contributed by atoms with E-state index in [1.54, 1.807) is 0 Å². The fourth-order valence-corrected chi connectivity index (χ4v) is 2.72. The molecule has 1 aliphatic rings. The summed E-state index contributed by atoms with van der Waals surface area (Å²) in [6, 6.07) is 0.643. The van der Waals surface area contributed by atoms with Crippen molar-refractivity contribution in [3.63, 3.8) is 0 Å². The van der Waals surface area contributed by atoms with E-state index in [0.717, 1.165) is 11.1 Å². The maximum Gasteiger partial charge on any atom is 0.0422 e. The third-order valence-corrected chi connectivity index (χ3v) is 3.39. The Morgan fingerprint density at radius 3 is 2.55 bits per heavy atom. The molecule has 1 nitrogen and oxygen atoms in total. The van der Waals surface area contributed by atoms with E-state index in [-0.39, 0.29) is 0 Å². The first-order valence-corrected chi connectivity index (χ1v) is 5.69. The van der Waals surface area contributed by atoms with Gasteiger partial charge in [0.25, 0.3) is 0 Å². The molecule has 0 aromatic carbocycles. The van der Waals surface area contributed by atoms with Crippen molar-refractivity contribution in [1.29, 1.82) is 0 Å². The van der Waals surface area contributed by atoms with Crippen LogP contribution in [0, 0.1) is 0 Å². The topological polar surface area (TPSA) is 12.0 Å². The van der Waals surface area contributed by atoms with Gasteiger partial charge < -0.3 is 5.32 Å². The molecule has 11 heavy (non-hydrogen) atoms. The van der Waals surface area contributed by atoms with Crippen molar-refractivity contribution < 1.29 is 0 Å². The Morgan fingerprint density at radius 1 is 1.36 bits per heavy atom. The highest BCUT2D eigenvalue weighted by atomic mass is 32.2. The van der Waals surface area contributed by atoms with Crippen LogP contribution in [-0.4, -0.2) is 17.2 Å². The summed E-state index contributed by atoms with van der Waals surface area (Å²) in [5.74, 6) is 1.14. The third kappa shape index (κ3) is 4.02. The molecule has 0 bridgehead atoms. The fraction of sp³-hybridized carbons (Fsp3) is 1.00. The standard InChI is InChI=1S/C9H19NS/c1-8(2)10-7-11-9-5-3-4-6-9/h8-10H,3-7H2,1-2H3. The predicted molar refractivity (Wildman–Crippen MR) is 53.0 cm³/mol. The van der Waals surface area contributed by atoms with Crippen LogP contribution in [-0.2, 0) is 0 Å². The number of hydrogen-bond donors (Lipinski definition) is 1. The molecular formula is C9H19NS. The van der Waals surface area contributed by atoms with Gasteiger partial charge in [0.05, 0.1) is 0 Å². The first-order valence-electron chi connectivity index (χ1n) is 4.64. The van der Waals surface area contributed by atoms with E-state index in [1.165, 1.54) is 25.7 Å². The lowest BCUT2D eigenvalue weighted by Gasteiger charge is -2.11. The molecule has 1 fully saturated rings. The van der Waals surface area contributed by atoms with Crippen LogP contribution in [0.2, 0.25) is 0 Å². The van der Waals surface area contributed by atoms with Crippen molar-refractivity contribution in [3.05, 3.63) is 0 Å². The van der Waals surface area contributed by atoms with Gasteiger partial charge in [0.1, 0.15) is 0 Å². The van der Waals surface area contributed by atoms with Crippen LogP contribution in [0.1, 0.15) is 39.5 Å². The van der Waals surface area contributed by atoms with E-state index >= 15 is 0 Å². The van der Waals surface area contributed by atoms with Crippen LogP contribution >= 0.6 is 11.8 Å². The maximum absolute atomic E-state index is 3.44. The summed E-state index contributed by atoms with van der Waals surface area (Å²) in [4.78, 5) is 0. The van der Waals surface area contributed by atoms with E-state index in [1.807, 2.05) is 0 Å². The van der Waals surface area contributed by atoms with E-state index in [0.29, 0.717) is 6.04 Å². The normalized spacial score (nSPS) is 19.9. The predicted octanol–water partition coefficient (Wildman–Crippen LogP) is 2.62. The highest BCUT2D eigenvalue weighted by Gasteiger charge is 2.14. The highest BCUT2D eigenvalue weighted by Crippen LogP contribution is 2.28. The molecule has 2 heteroatoms. The first-order chi connectivity index (χ1) is 5.29. The molecule has 0 aromatic heterocycles. The van der Waals surface area contributed by atoms with Crippen LogP contribution in [0.4, 0.5) is 0 Å². The van der Waals surface area contributed by atoms with Gasteiger partial charge in [-0.15, -0.1) is 11.8 Å². The zero-order valence-electron chi connectivity index (χ0n) is 7.60. The van der Waals surface area contributed by atoms with Crippen molar-refractivity contribution in [2.45, 2.75) is 50.8 Å². The zero-order chi connectivity index (χ0) is 8.10. The second-order valence-electron chi connectivity index (χ2n) is 3.58. The van der Waals surface area contributed by atoms with Gasteiger partial charge in [0.15, 0.2) is 0 Å². The molecule has 1 N–H and O–H groups in total. The number of rotatable bonds is 4. The molecule has 0 aromatic rings. The first kappa shape index (κ1) is 9.40. The second kappa shape index (κ2) is 5.04. The fourth-order valence-electron chi connectivity index (χ4n) is 1.39. The van der Waals surface area contributed by atoms with Crippen molar-refractivity contribution >= 4 is 11.8 Å². The van der Waals surface area contributed by atoms with E-state index in [2.05, 4.69) is 30.9 Å². The van der Waals surface area contributed by atoms with Crippen LogP contribution in [0.15, 0.2) is 0 Å². The number of hydrogen-bond acceptors (Lipinski definition) is 2. The lowest BCUT2D eigenvalue weighted by Crippen LogP contribution is -2.22. The Kier molecular flexibility index (Phi) is 4.31. The van der Waals surface area contributed by atoms with Crippen LogP contribution in [0.3, 0.4) is 0 Å². The summed E-state index contributed by atoms with van der Waals surface area (Å²) >= 11 is 2.10. The van der Waals surface area contributed by atoms with Crippen LogP contribution < -0.4 is 5.32 Å². The summed E-state index contributed by atoms with van der Waals surface area (Å²) in [5, 5.41) is 4.39. The molecule has 1 rings (SSSR count). The molecular weight excluding hydrogens is 154 g/mol. The van der Waals surface area contributed by atoms with Crippen LogP contribution in [0.5, 0.6) is 0 Å². The van der Waals surface area contributed by atoms with Gasteiger partial charge in [0.2, 0.25) is 0 Å². The highest BCUT2D eigenvalue weighted by molar-refractivity contribution is 7.99. The lowest BCUT2D eigenvalue weighted by molar-refractivity contribution is 0.653. The summed E-state index contributed by atoms with van der Waals surface area (Å²) in [6.45, 7) is 4.41. The Hall–Kier alpha value is 0.310. The number of thioether (sulfide) groups is 1. The van der Waals surface area contributed by atoms with Crippen molar-refractivity contribution in [3.8, 4) is 0 Å². The van der Waals surface area contributed by atoms with Gasteiger partial charge in [-0.1, -0.05) is 26.7 Å². The van der Waals surface area contributed by atoms with Crippen LogP contribution in [0.25, 0.3) is 0 Å². The molecule has 0 atom stereocenters. The van der Waals surface area contributed by atoms with Gasteiger partial charge in [-0.3, -0.25) is 0 Å². The SMILES string of the molecule is CC(C)NCSC1CCCC1. The molecule has 0 amide bonds. The average molecular weight is 173 g/mol. The van der Waals surface area contributed by atoms with Crippen molar-refractivity contribution in [1.82, 2.24) is 5.32 Å². The molecule has 1 saturated carbocycles. The monoisotopic (exact) mass is 173 g/mol. The molecule has 0 radical (unpaired) electrons. The lowest BCUT2D eigenvalue weighted by atomic mass is 10.4. The quantitative estimate of drug-likeness (QED) is 0.656. The summed E-state index contributed by atoms with van der Waals surface area (Å²) in [5.41, 5.74) is 0. The Balaban J connectivity index is 1.94. The molecule has 0 heterocycles. The minimum absolute atomic E-state index is 0.643. The molecule has 66 valence electrons. The van der Waals surface area contributed by atoms with Gasteiger partial charge in [-0.25, -0.2) is 0 Å². The van der Waals surface area contributed by atoms with Crippen molar-refractivity contribution in [2.24, 2.45) is 0 Å². The smallest absolute Gasteiger partial charge is 0.0422 e. The van der Waals surface area contributed by atoms with Gasteiger partial charge in [0, 0.05) is 17.2 Å². The molecule has 1 aliphatic carbocycles.